The number of piperidine rings is 1. The van der Waals surface area contributed by atoms with Gasteiger partial charge in [0.2, 0.25) is 5.43 Å². The third-order valence-corrected chi connectivity index (χ3v) is 6.39. The van der Waals surface area contributed by atoms with Crippen LogP contribution in [0.5, 0.6) is 5.75 Å². The Morgan fingerprint density at radius 1 is 1.42 bits per heavy atom. The molecule has 2 fully saturated rings. The van der Waals surface area contributed by atoms with E-state index in [-0.39, 0.29) is 22.9 Å². The molecule has 0 radical (unpaired) electrons. The van der Waals surface area contributed by atoms with E-state index in [9.17, 15) is 19.1 Å². The third kappa shape index (κ3) is 3.64. The third-order valence-electron chi connectivity index (χ3n) is 6.39. The van der Waals surface area contributed by atoms with Crippen molar-refractivity contribution < 1.29 is 23.4 Å². The second kappa shape index (κ2) is 8.11. The van der Waals surface area contributed by atoms with E-state index in [0.29, 0.717) is 38.0 Å². The predicted octanol–water partition coefficient (Wildman–Crippen LogP) is 2.96. The van der Waals surface area contributed by atoms with Crippen molar-refractivity contribution in [3.05, 3.63) is 33.9 Å². The van der Waals surface area contributed by atoms with Gasteiger partial charge in [0, 0.05) is 37.3 Å². The molecule has 168 valence electrons. The zero-order chi connectivity index (χ0) is 22.3. The number of halogens is 2. The molecule has 1 unspecified atom stereocenters. The number of fused-ring (bicyclic) bond motifs is 1. The molecule has 1 aliphatic heterocycles. The van der Waals surface area contributed by atoms with Crippen molar-refractivity contribution in [3.8, 4) is 5.75 Å². The molecule has 1 aliphatic carbocycles. The van der Waals surface area contributed by atoms with Crippen molar-refractivity contribution in [1.29, 1.82) is 0 Å². The van der Waals surface area contributed by atoms with Crippen LogP contribution in [-0.2, 0) is 0 Å². The molecule has 2 N–H and O–H groups in total. The summed E-state index contributed by atoms with van der Waals surface area (Å²) >= 11 is 0. The van der Waals surface area contributed by atoms with Crippen LogP contribution in [0.15, 0.2) is 17.1 Å². The SMILES string of the molecule is CNCC1(CF)CCCN(c2c(F)cc3c(=O)c(C(=O)O)cn(C4CC4)c3c2OC)C1. The van der Waals surface area contributed by atoms with Crippen LogP contribution in [0.2, 0.25) is 0 Å². The molecule has 0 amide bonds. The van der Waals surface area contributed by atoms with Crippen molar-refractivity contribution in [2.75, 3.05) is 45.4 Å². The van der Waals surface area contributed by atoms with Crippen LogP contribution < -0.4 is 20.4 Å². The molecule has 1 saturated carbocycles. The van der Waals surface area contributed by atoms with E-state index in [1.807, 2.05) is 0 Å². The monoisotopic (exact) mass is 435 g/mol. The fourth-order valence-electron chi connectivity index (χ4n) is 4.80. The number of carboxylic acid groups (broad SMARTS) is 1. The molecule has 1 aromatic carbocycles. The van der Waals surface area contributed by atoms with Gasteiger partial charge in [0.05, 0.1) is 24.7 Å². The minimum Gasteiger partial charge on any atom is -0.492 e. The fraction of sp³-hybridized carbons (Fsp3) is 0.545. The molecule has 1 aromatic heterocycles. The maximum absolute atomic E-state index is 15.4. The summed E-state index contributed by atoms with van der Waals surface area (Å²) in [5.41, 5.74) is -1.18. The molecule has 9 heteroatoms. The van der Waals surface area contributed by atoms with Gasteiger partial charge in [-0.25, -0.2) is 9.18 Å². The van der Waals surface area contributed by atoms with E-state index >= 15 is 4.39 Å². The average molecular weight is 435 g/mol. The standard InChI is InChI=1S/C22H27F2N3O4/c1-25-11-22(10-23)6-3-7-26(12-22)18-16(24)8-14-17(20(18)31-2)27(13-4-5-13)9-15(19(14)28)21(29)30/h8-9,13,25H,3-7,10-12H2,1-2H3,(H,29,30). The van der Waals surface area contributed by atoms with Crippen LogP contribution in [0.25, 0.3) is 10.9 Å². The first-order chi connectivity index (χ1) is 14.9. The lowest BCUT2D eigenvalue weighted by atomic mass is 9.80. The Balaban J connectivity index is 1.94. The Kier molecular flexibility index (Phi) is 5.63. The lowest BCUT2D eigenvalue weighted by molar-refractivity contribution is 0.0695. The van der Waals surface area contributed by atoms with Crippen LogP contribution in [0.3, 0.4) is 0 Å². The van der Waals surface area contributed by atoms with E-state index in [0.717, 1.165) is 18.9 Å². The second-order valence-corrected chi connectivity index (χ2v) is 8.64. The summed E-state index contributed by atoms with van der Waals surface area (Å²) in [5, 5.41) is 12.5. The van der Waals surface area contributed by atoms with Crippen molar-refractivity contribution in [2.45, 2.75) is 31.7 Å². The first-order valence-electron chi connectivity index (χ1n) is 10.5. The molecular formula is C22H27F2N3O4. The topological polar surface area (TPSA) is 83.8 Å². The molecule has 2 aliphatic rings. The number of alkyl halides is 1. The summed E-state index contributed by atoms with van der Waals surface area (Å²) in [5.74, 6) is -1.83. The predicted molar refractivity (Wildman–Crippen MR) is 114 cm³/mol. The Bertz CT molecular complexity index is 1080. The van der Waals surface area contributed by atoms with E-state index in [1.54, 1.807) is 16.5 Å². The number of aromatic carboxylic acids is 1. The van der Waals surface area contributed by atoms with Gasteiger partial charge in [-0.05, 0) is 38.8 Å². The van der Waals surface area contributed by atoms with Crippen LogP contribution in [0.1, 0.15) is 42.1 Å². The molecule has 2 heterocycles. The van der Waals surface area contributed by atoms with Crippen LogP contribution >= 0.6 is 0 Å². The molecule has 7 nitrogen and oxygen atoms in total. The lowest BCUT2D eigenvalue weighted by Crippen LogP contribution is -2.49. The zero-order valence-corrected chi connectivity index (χ0v) is 17.7. The number of hydrogen-bond donors (Lipinski definition) is 2. The smallest absolute Gasteiger partial charge is 0.341 e. The largest absolute Gasteiger partial charge is 0.492 e. The summed E-state index contributed by atoms with van der Waals surface area (Å²) in [6.07, 6.45) is 4.39. The summed E-state index contributed by atoms with van der Waals surface area (Å²) in [7, 11) is 3.17. The van der Waals surface area contributed by atoms with Gasteiger partial charge >= 0.3 is 5.97 Å². The number of carboxylic acids is 1. The van der Waals surface area contributed by atoms with E-state index in [1.165, 1.54) is 13.3 Å². The molecule has 31 heavy (non-hydrogen) atoms. The Labute approximate surface area is 178 Å². The maximum Gasteiger partial charge on any atom is 0.341 e. The number of pyridine rings is 1. The maximum atomic E-state index is 15.4. The Morgan fingerprint density at radius 3 is 2.74 bits per heavy atom. The van der Waals surface area contributed by atoms with E-state index in [2.05, 4.69) is 5.32 Å². The highest BCUT2D eigenvalue weighted by Gasteiger charge is 2.38. The first kappa shape index (κ1) is 21.5. The molecule has 2 aromatic rings. The van der Waals surface area contributed by atoms with Gasteiger partial charge in [-0.3, -0.25) is 9.18 Å². The molecular weight excluding hydrogens is 408 g/mol. The van der Waals surface area contributed by atoms with Gasteiger partial charge in [0.15, 0.2) is 11.6 Å². The molecule has 1 atom stereocenters. The van der Waals surface area contributed by atoms with Gasteiger partial charge < -0.3 is 24.6 Å². The number of methoxy groups -OCH3 is 1. The number of anilines is 1. The highest BCUT2D eigenvalue weighted by molar-refractivity contribution is 5.97. The van der Waals surface area contributed by atoms with E-state index in [4.69, 9.17) is 4.74 Å². The average Bonchev–Trinajstić information content (AvgIpc) is 3.59. The summed E-state index contributed by atoms with van der Waals surface area (Å²) < 4.78 is 36.8. The van der Waals surface area contributed by atoms with Crippen molar-refractivity contribution >= 4 is 22.6 Å². The number of nitrogens with zero attached hydrogens (tertiary/aromatic N) is 2. The molecule has 1 saturated heterocycles. The number of benzene rings is 1. The molecule has 0 bridgehead atoms. The molecule has 4 rings (SSSR count). The number of carbonyl (C=O) groups is 1. The summed E-state index contributed by atoms with van der Waals surface area (Å²) in [6.45, 7) is 0.776. The van der Waals surface area contributed by atoms with Gasteiger partial charge in [0.1, 0.15) is 11.3 Å². The minimum atomic E-state index is -1.35. The Hall–Kier alpha value is -2.68. The van der Waals surface area contributed by atoms with Crippen molar-refractivity contribution in [1.82, 2.24) is 9.88 Å². The zero-order valence-electron chi connectivity index (χ0n) is 17.7. The minimum absolute atomic E-state index is 0.0195. The first-order valence-corrected chi connectivity index (χ1v) is 10.5. The quantitative estimate of drug-likeness (QED) is 0.696. The highest BCUT2D eigenvalue weighted by Crippen LogP contribution is 2.45. The number of hydrogen-bond acceptors (Lipinski definition) is 5. The van der Waals surface area contributed by atoms with Gasteiger partial charge in [-0.2, -0.15) is 0 Å². The van der Waals surface area contributed by atoms with Gasteiger partial charge in [0.25, 0.3) is 0 Å². The summed E-state index contributed by atoms with van der Waals surface area (Å²) in [4.78, 5) is 26.2. The number of ether oxygens (including phenoxy) is 1. The van der Waals surface area contributed by atoms with Crippen LogP contribution in [-0.4, -0.2) is 56.1 Å². The van der Waals surface area contributed by atoms with Crippen LogP contribution in [0.4, 0.5) is 14.5 Å². The van der Waals surface area contributed by atoms with Crippen molar-refractivity contribution in [2.24, 2.45) is 5.41 Å². The van der Waals surface area contributed by atoms with Crippen molar-refractivity contribution in [3.63, 3.8) is 0 Å². The normalized spacial score (nSPS) is 21.5. The number of rotatable bonds is 7. The molecule has 0 spiro atoms. The lowest BCUT2D eigenvalue weighted by Gasteiger charge is -2.42. The summed E-state index contributed by atoms with van der Waals surface area (Å²) in [6, 6.07) is 1.13. The van der Waals surface area contributed by atoms with E-state index < -0.39 is 34.9 Å². The van der Waals surface area contributed by atoms with Gasteiger partial charge in [-0.1, -0.05) is 0 Å². The highest BCUT2D eigenvalue weighted by atomic mass is 19.1. The van der Waals surface area contributed by atoms with Crippen LogP contribution in [0, 0.1) is 11.2 Å². The second-order valence-electron chi connectivity index (χ2n) is 8.64. The Morgan fingerprint density at radius 2 is 2.16 bits per heavy atom. The number of nitrogens with one attached hydrogen (secondary N) is 1. The van der Waals surface area contributed by atoms with Gasteiger partial charge in [-0.15, -0.1) is 0 Å². The fourth-order valence-corrected chi connectivity index (χ4v) is 4.80. The number of aromatic nitrogens is 1.